The molecule has 0 saturated carbocycles. The number of hydrogen-bond donors (Lipinski definition) is 4. The van der Waals surface area contributed by atoms with Gasteiger partial charge in [0.25, 0.3) is 10.1 Å². The second-order valence-corrected chi connectivity index (χ2v) is 16.9. The van der Waals surface area contributed by atoms with E-state index >= 15 is 0 Å². The van der Waals surface area contributed by atoms with Gasteiger partial charge in [-0.15, -0.1) is 0 Å². The molecule has 2 unspecified atom stereocenters. The van der Waals surface area contributed by atoms with Crippen LogP contribution in [0, 0.1) is 0 Å². The van der Waals surface area contributed by atoms with Crippen molar-refractivity contribution in [3.63, 3.8) is 0 Å². The molecular weight excluding hydrogens is 753 g/mol. The fourth-order valence-corrected chi connectivity index (χ4v) is 7.16. The van der Waals surface area contributed by atoms with Crippen molar-refractivity contribution in [3.8, 4) is 0 Å². The van der Waals surface area contributed by atoms with E-state index in [0.717, 1.165) is 83.5 Å². The molecule has 57 heavy (non-hydrogen) atoms. The molecule has 0 radical (unpaired) electrons. The van der Waals surface area contributed by atoms with Crippen LogP contribution in [0.5, 0.6) is 0 Å². The molecular formula is C44H78O12S. The van der Waals surface area contributed by atoms with Crippen molar-refractivity contribution in [2.75, 3.05) is 19.0 Å². The van der Waals surface area contributed by atoms with Gasteiger partial charge in [0.1, 0.15) is 36.8 Å². The van der Waals surface area contributed by atoms with Gasteiger partial charge in [-0.2, -0.15) is 8.42 Å². The molecule has 0 aliphatic carbocycles. The molecule has 4 N–H and O–H groups in total. The number of unbranched alkanes of at least 4 members (excludes halogenated alkanes) is 18. The highest BCUT2D eigenvalue weighted by Crippen LogP contribution is 2.24. The number of allylic oxidation sites excluding steroid dienone is 6. The van der Waals surface area contributed by atoms with E-state index in [1.807, 2.05) is 0 Å². The van der Waals surface area contributed by atoms with E-state index in [4.69, 9.17) is 18.9 Å². The lowest BCUT2D eigenvalue weighted by atomic mass is 10.00. The zero-order chi connectivity index (χ0) is 42.0. The third-order valence-corrected chi connectivity index (χ3v) is 10.7. The number of esters is 2. The van der Waals surface area contributed by atoms with E-state index in [0.29, 0.717) is 12.8 Å². The maximum absolute atomic E-state index is 12.8. The molecule has 1 fully saturated rings. The van der Waals surface area contributed by atoms with E-state index in [9.17, 15) is 37.9 Å². The highest BCUT2D eigenvalue weighted by Gasteiger charge is 2.46. The fraction of sp³-hybridized carbons (Fsp3) is 0.818. The fourth-order valence-electron chi connectivity index (χ4n) is 6.46. The maximum atomic E-state index is 12.8. The predicted octanol–water partition coefficient (Wildman–Crippen LogP) is 8.61. The van der Waals surface area contributed by atoms with E-state index in [-0.39, 0.29) is 19.4 Å². The molecule has 1 rings (SSSR count). The van der Waals surface area contributed by atoms with Crippen LogP contribution in [0.3, 0.4) is 0 Å². The van der Waals surface area contributed by atoms with E-state index in [1.54, 1.807) is 0 Å². The average molecular weight is 831 g/mol. The average Bonchev–Trinajstić information content (AvgIpc) is 3.17. The summed E-state index contributed by atoms with van der Waals surface area (Å²) in [4.78, 5) is 25.3. The number of rotatable bonds is 36. The molecule has 1 aliphatic rings. The molecule has 1 saturated heterocycles. The highest BCUT2D eigenvalue weighted by molar-refractivity contribution is 7.85. The van der Waals surface area contributed by atoms with Crippen molar-refractivity contribution in [3.05, 3.63) is 36.5 Å². The lowest BCUT2D eigenvalue weighted by Crippen LogP contribution is -2.60. The van der Waals surface area contributed by atoms with Crippen LogP contribution >= 0.6 is 0 Å². The number of aliphatic hydroxyl groups is 3. The molecule has 0 spiro atoms. The Morgan fingerprint density at radius 3 is 1.56 bits per heavy atom. The molecule has 13 heteroatoms. The van der Waals surface area contributed by atoms with E-state index in [1.165, 1.54) is 51.4 Å². The van der Waals surface area contributed by atoms with Crippen molar-refractivity contribution in [2.45, 2.75) is 211 Å². The Kier molecular flexibility index (Phi) is 32.2. The van der Waals surface area contributed by atoms with E-state index < -0.39 is 71.2 Å². The zero-order valence-electron chi connectivity index (χ0n) is 35.2. The Balaban J connectivity index is 2.47. The summed E-state index contributed by atoms with van der Waals surface area (Å²) in [6.45, 7) is 3.69. The largest absolute Gasteiger partial charge is 0.462 e. The van der Waals surface area contributed by atoms with Crippen LogP contribution < -0.4 is 0 Å². The summed E-state index contributed by atoms with van der Waals surface area (Å²) in [6.07, 6.45) is 29.0. The first kappa shape index (κ1) is 52.9. The van der Waals surface area contributed by atoms with Gasteiger partial charge in [0.2, 0.25) is 0 Å². The number of carbonyl (C=O) groups is 2. The van der Waals surface area contributed by atoms with Crippen molar-refractivity contribution in [1.29, 1.82) is 0 Å². The first-order chi connectivity index (χ1) is 27.5. The van der Waals surface area contributed by atoms with Crippen LogP contribution in [0.4, 0.5) is 0 Å². The summed E-state index contributed by atoms with van der Waals surface area (Å²) >= 11 is 0. The SMILES string of the molecule is CCCCC/C=C/C/C=C/CCCCCCCCCC(=O)O[C@H](COC(=O)CCCCCCC/C=C/CCCCC)CO[C@H]1O[C@H](CS(=O)(=O)O)[C@@H](O)C(O)C1O. The van der Waals surface area contributed by atoms with Crippen molar-refractivity contribution in [2.24, 2.45) is 0 Å². The summed E-state index contributed by atoms with van der Waals surface area (Å²) in [5, 5.41) is 30.8. The maximum Gasteiger partial charge on any atom is 0.306 e. The van der Waals surface area contributed by atoms with E-state index in [2.05, 4.69) is 50.3 Å². The monoisotopic (exact) mass is 831 g/mol. The Hall–Kier alpha value is -2.13. The topological polar surface area (TPSA) is 186 Å². The summed E-state index contributed by atoms with van der Waals surface area (Å²) in [6, 6.07) is 0. The second kappa shape index (κ2) is 34.7. The highest BCUT2D eigenvalue weighted by atomic mass is 32.2. The Labute approximate surface area is 344 Å². The van der Waals surface area contributed by atoms with Crippen LogP contribution in [0.1, 0.15) is 174 Å². The van der Waals surface area contributed by atoms with Gasteiger partial charge in [0.15, 0.2) is 12.4 Å². The molecule has 1 heterocycles. The molecule has 12 nitrogen and oxygen atoms in total. The molecule has 0 bridgehead atoms. The van der Waals surface area contributed by atoms with Crippen LogP contribution in [-0.4, -0.2) is 96.0 Å². The third-order valence-electron chi connectivity index (χ3n) is 9.94. The van der Waals surface area contributed by atoms with Crippen molar-refractivity contribution < 1.29 is 56.8 Å². The molecule has 0 amide bonds. The number of hydrogen-bond acceptors (Lipinski definition) is 11. The summed E-state index contributed by atoms with van der Waals surface area (Å²) < 4.78 is 54.0. The molecule has 6 atom stereocenters. The molecule has 0 aromatic heterocycles. The minimum absolute atomic E-state index is 0.154. The predicted molar refractivity (Wildman–Crippen MR) is 224 cm³/mol. The number of carbonyl (C=O) groups excluding carboxylic acids is 2. The van der Waals surface area contributed by atoms with Crippen LogP contribution in [0.15, 0.2) is 36.5 Å². The lowest BCUT2D eigenvalue weighted by molar-refractivity contribution is -0.297. The van der Waals surface area contributed by atoms with Crippen LogP contribution in [0.2, 0.25) is 0 Å². The normalized spacial score (nSPS) is 20.8. The minimum atomic E-state index is -4.60. The van der Waals surface area contributed by atoms with Crippen LogP contribution in [0.25, 0.3) is 0 Å². The number of ether oxygens (including phenoxy) is 4. The quantitative estimate of drug-likeness (QED) is 0.0204. The standard InChI is InChI=1S/C44H78O12S/c1-3-5-7-9-11-13-15-17-18-19-20-21-23-25-27-29-31-33-40(46)55-37(35-54-44-43(49)42(48)41(47)38(56-44)36-57(50,51)52)34-53-39(45)32-30-28-26-24-22-16-14-12-10-8-6-4-2/h11-14,17-18,37-38,41-44,47-49H,3-10,15-16,19-36H2,1-2H3,(H,50,51,52)/b13-11+,14-12+,18-17+/t37-,38-,41-,42?,43?,44+/m1/s1. The second-order valence-electron chi connectivity index (χ2n) is 15.4. The van der Waals surface area contributed by atoms with Crippen molar-refractivity contribution in [1.82, 2.24) is 0 Å². The third kappa shape index (κ3) is 29.7. The Morgan fingerprint density at radius 1 is 0.596 bits per heavy atom. The van der Waals surface area contributed by atoms with Crippen molar-refractivity contribution >= 4 is 22.1 Å². The molecule has 1 aliphatic heterocycles. The smallest absolute Gasteiger partial charge is 0.306 e. The van der Waals surface area contributed by atoms with Gasteiger partial charge in [-0.25, -0.2) is 0 Å². The van der Waals surface area contributed by atoms with Gasteiger partial charge < -0.3 is 34.3 Å². The summed E-state index contributed by atoms with van der Waals surface area (Å²) in [5.74, 6) is -2.00. The van der Waals surface area contributed by atoms with Gasteiger partial charge in [0, 0.05) is 12.8 Å². The first-order valence-electron chi connectivity index (χ1n) is 22.0. The Morgan fingerprint density at radius 2 is 1.05 bits per heavy atom. The van der Waals surface area contributed by atoms with Gasteiger partial charge in [-0.3, -0.25) is 14.1 Å². The summed E-state index contributed by atoms with van der Waals surface area (Å²) in [7, 11) is -4.60. The molecule has 0 aromatic carbocycles. The van der Waals surface area contributed by atoms with Gasteiger partial charge in [-0.05, 0) is 70.6 Å². The molecule has 0 aromatic rings. The summed E-state index contributed by atoms with van der Waals surface area (Å²) in [5.41, 5.74) is 0. The zero-order valence-corrected chi connectivity index (χ0v) is 36.0. The van der Waals surface area contributed by atoms with Gasteiger partial charge in [0.05, 0.1) is 6.61 Å². The molecule has 332 valence electrons. The van der Waals surface area contributed by atoms with Gasteiger partial charge >= 0.3 is 11.9 Å². The number of aliphatic hydroxyl groups excluding tert-OH is 3. The Bertz CT molecular complexity index is 1200. The lowest BCUT2D eigenvalue weighted by Gasteiger charge is -2.40. The minimum Gasteiger partial charge on any atom is -0.462 e. The first-order valence-corrected chi connectivity index (χ1v) is 23.7. The van der Waals surface area contributed by atoms with Gasteiger partial charge in [-0.1, -0.05) is 127 Å². The van der Waals surface area contributed by atoms with Crippen LogP contribution in [-0.2, 0) is 38.7 Å².